The lowest BCUT2D eigenvalue weighted by Crippen LogP contribution is -2.30. The average molecular weight is 383 g/mol. The maximum atomic E-state index is 12.3. The molecule has 0 atom stereocenters. The lowest BCUT2D eigenvalue weighted by atomic mass is 10.2. The number of nitrogens with zero attached hydrogens (tertiary/aromatic N) is 1. The summed E-state index contributed by atoms with van der Waals surface area (Å²) in [5, 5.41) is 4.00. The third kappa shape index (κ3) is 5.53. The monoisotopic (exact) mass is 382 g/mol. The topological polar surface area (TPSA) is 50.8 Å². The molecule has 0 aliphatic rings. The van der Waals surface area contributed by atoms with Gasteiger partial charge in [0.2, 0.25) is 5.91 Å². The van der Waals surface area contributed by atoms with Gasteiger partial charge in [-0.3, -0.25) is 9.69 Å². The third-order valence-electron chi connectivity index (χ3n) is 3.55. The van der Waals surface area contributed by atoms with Crippen LogP contribution in [0.2, 0.25) is 10.0 Å². The highest BCUT2D eigenvalue weighted by Crippen LogP contribution is 2.29. The Balaban J connectivity index is 1.97. The first-order chi connectivity index (χ1) is 11.9. The van der Waals surface area contributed by atoms with Crippen LogP contribution in [0.5, 0.6) is 11.5 Å². The molecule has 0 saturated heterocycles. The van der Waals surface area contributed by atoms with Gasteiger partial charge in [-0.25, -0.2) is 0 Å². The molecule has 5 nitrogen and oxygen atoms in total. The summed E-state index contributed by atoms with van der Waals surface area (Å²) in [5.41, 5.74) is 1.50. The van der Waals surface area contributed by atoms with E-state index < -0.39 is 0 Å². The quantitative estimate of drug-likeness (QED) is 0.783. The van der Waals surface area contributed by atoms with Gasteiger partial charge in [0, 0.05) is 22.7 Å². The van der Waals surface area contributed by atoms with Gasteiger partial charge in [-0.1, -0.05) is 29.3 Å². The maximum absolute atomic E-state index is 12.3. The van der Waals surface area contributed by atoms with Gasteiger partial charge >= 0.3 is 0 Å². The third-order valence-corrected chi connectivity index (χ3v) is 4.14. The highest BCUT2D eigenvalue weighted by molar-refractivity contribution is 6.35. The molecule has 2 rings (SSSR count). The molecule has 0 radical (unpaired) electrons. The van der Waals surface area contributed by atoms with E-state index in [4.69, 9.17) is 32.7 Å². The number of likely N-dealkylation sites (N-methyl/N-ethyl adjacent to an activating group) is 1. The molecular weight excluding hydrogens is 363 g/mol. The number of amides is 1. The molecule has 0 unspecified atom stereocenters. The molecule has 0 fully saturated rings. The van der Waals surface area contributed by atoms with Crippen molar-refractivity contribution in [2.45, 2.75) is 6.54 Å². The summed E-state index contributed by atoms with van der Waals surface area (Å²) < 4.78 is 10.4. The van der Waals surface area contributed by atoms with E-state index in [1.807, 2.05) is 18.0 Å². The Morgan fingerprint density at radius 1 is 1.12 bits per heavy atom. The fourth-order valence-corrected chi connectivity index (χ4v) is 2.80. The molecule has 7 heteroatoms. The average Bonchev–Trinajstić information content (AvgIpc) is 2.57. The minimum Gasteiger partial charge on any atom is -0.497 e. The maximum Gasteiger partial charge on any atom is 0.238 e. The van der Waals surface area contributed by atoms with Gasteiger partial charge in [-0.2, -0.15) is 0 Å². The molecule has 1 amide bonds. The molecular formula is C18H20Cl2N2O3. The Kier molecular flexibility index (Phi) is 6.93. The van der Waals surface area contributed by atoms with Crippen molar-refractivity contribution < 1.29 is 14.3 Å². The molecule has 0 aliphatic heterocycles. The number of hydrogen-bond donors (Lipinski definition) is 1. The van der Waals surface area contributed by atoms with Gasteiger partial charge in [-0.15, -0.1) is 0 Å². The Morgan fingerprint density at radius 2 is 1.88 bits per heavy atom. The Hall–Kier alpha value is -1.95. The molecule has 0 saturated carbocycles. The molecule has 0 aliphatic carbocycles. The van der Waals surface area contributed by atoms with E-state index in [-0.39, 0.29) is 12.5 Å². The SMILES string of the molecule is COc1ccc(NC(=O)CN(C)Cc2ccc(Cl)cc2Cl)c(OC)c1. The Labute approximate surface area is 157 Å². The van der Waals surface area contributed by atoms with Crippen molar-refractivity contribution in [3.8, 4) is 11.5 Å². The van der Waals surface area contributed by atoms with Crippen LogP contribution in [0.4, 0.5) is 5.69 Å². The lowest BCUT2D eigenvalue weighted by molar-refractivity contribution is -0.117. The summed E-state index contributed by atoms with van der Waals surface area (Å²) in [6.07, 6.45) is 0. The van der Waals surface area contributed by atoms with E-state index in [9.17, 15) is 4.79 Å². The molecule has 25 heavy (non-hydrogen) atoms. The zero-order valence-corrected chi connectivity index (χ0v) is 15.8. The van der Waals surface area contributed by atoms with Crippen LogP contribution in [0.15, 0.2) is 36.4 Å². The summed E-state index contributed by atoms with van der Waals surface area (Å²) in [6.45, 7) is 0.733. The molecule has 0 heterocycles. The Morgan fingerprint density at radius 3 is 2.52 bits per heavy atom. The summed E-state index contributed by atoms with van der Waals surface area (Å²) in [4.78, 5) is 14.1. The number of nitrogens with one attached hydrogen (secondary N) is 1. The molecule has 134 valence electrons. The first-order valence-corrected chi connectivity index (χ1v) is 8.33. The van der Waals surface area contributed by atoms with E-state index in [0.29, 0.717) is 33.8 Å². The van der Waals surface area contributed by atoms with Crippen LogP contribution in [-0.2, 0) is 11.3 Å². The number of ether oxygens (including phenoxy) is 2. The van der Waals surface area contributed by atoms with Gasteiger partial charge in [-0.05, 0) is 36.9 Å². The van der Waals surface area contributed by atoms with Gasteiger partial charge in [0.15, 0.2) is 0 Å². The highest BCUT2D eigenvalue weighted by Gasteiger charge is 2.12. The van der Waals surface area contributed by atoms with Crippen LogP contribution in [0.25, 0.3) is 0 Å². The highest BCUT2D eigenvalue weighted by atomic mass is 35.5. The van der Waals surface area contributed by atoms with Crippen LogP contribution in [0.1, 0.15) is 5.56 Å². The molecule has 1 N–H and O–H groups in total. The number of carbonyl (C=O) groups excluding carboxylic acids is 1. The van der Waals surface area contributed by atoms with E-state index in [1.54, 1.807) is 44.6 Å². The van der Waals surface area contributed by atoms with Gasteiger partial charge in [0.05, 0.1) is 26.5 Å². The second kappa shape index (κ2) is 8.94. The van der Waals surface area contributed by atoms with Crippen LogP contribution < -0.4 is 14.8 Å². The number of benzene rings is 2. The first kappa shape index (κ1) is 19.4. The van der Waals surface area contributed by atoms with Crippen molar-refractivity contribution in [3.63, 3.8) is 0 Å². The zero-order valence-electron chi connectivity index (χ0n) is 14.3. The predicted molar refractivity (Wildman–Crippen MR) is 101 cm³/mol. The fraction of sp³-hybridized carbons (Fsp3) is 0.278. The number of methoxy groups -OCH3 is 2. The van der Waals surface area contributed by atoms with E-state index in [0.717, 1.165) is 5.56 Å². The first-order valence-electron chi connectivity index (χ1n) is 7.57. The number of rotatable bonds is 7. The minimum absolute atomic E-state index is 0.156. The molecule has 0 bridgehead atoms. The van der Waals surface area contributed by atoms with Crippen molar-refractivity contribution in [1.29, 1.82) is 0 Å². The molecule has 2 aromatic rings. The number of hydrogen-bond acceptors (Lipinski definition) is 4. The predicted octanol–water partition coefficient (Wildman–Crippen LogP) is 4.08. The van der Waals surface area contributed by atoms with E-state index in [1.165, 1.54) is 0 Å². The van der Waals surface area contributed by atoms with Gasteiger partial charge in [0.1, 0.15) is 11.5 Å². The number of carbonyl (C=O) groups is 1. The van der Waals surface area contributed by atoms with Crippen molar-refractivity contribution in [2.75, 3.05) is 33.1 Å². The molecule has 0 aromatic heterocycles. The van der Waals surface area contributed by atoms with Gasteiger partial charge < -0.3 is 14.8 Å². The second-order valence-corrected chi connectivity index (χ2v) is 6.37. The molecule has 0 spiro atoms. The van der Waals surface area contributed by atoms with Crippen LogP contribution >= 0.6 is 23.2 Å². The van der Waals surface area contributed by atoms with Gasteiger partial charge in [0.25, 0.3) is 0 Å². The number of anilines is 1. The van der Waals surface area contributed by atoms with E-state index in [2.05, 4.69) is 5.32 Å². The Bertz CT molecular complexity index is 753. The van der Waals surface area contributed by atoms with Crippen molar-refractivity contribution >= 4 is 34.8 Å². The summed E-state index contributed by atoms with van der Waals surface area (Å²) >= 11 is 12.1. The fourth-order valence-electron chi connectivity index (χ4n) is 2.33. The van der Waals surface area contributed by atoms with Crippen LogP contribution in [-0.4, -0.2) is 38.6 Å². The zero-order chi connectivity index (χ0) is 18.4. The standard InChI is InChI=1S/C18H20Cl2N2O3/c1-22(10-12-4-5-13(19)8-15(12)20)11-18(23)21-16-7-6-14(24-2)9-17(16)25-3/h4-9H,10-11H2,1-3H3,(H,21,23). The summed E-state index contributed by atoms with van der Waals surface area (Å²) in [5.74, 6) is 1.04. The summed E-state index contributed by atoms with van der Waals surface area (Å²) in [6, 6.07) is 10.5. The van der Waals surface area contributed by atoms with Crippen molar-refractivity contribution in [2.24, 2.45) is 0 Å². The summed E-state index contributed by atoms with van der Waals surface area (Å²) in [7, 11) is 4.96. The second-order valence-electron chi connectivity index (χ2n) is 5.52. The molecule has 2 aromatic carbocycles. The van der Waals surface area contributed by atoms with E-state index >= 15 is 0 Å². The van der Waals surface area contributed by atoms with Crippen molar-refractivity contribution in [3.05, 3.63) is 52.0 Å². The normalized spacial score (nSPS) is 10.6. The van der Waals surface area contributed by atoms with Crippen molar-refractivity contribution in [1.82, 2.24) is 4.90 Å². The van der Waals surface area contributed by atoms with Crippen LogP contribution in [0.3, 0.4) is 0 Å². The van der Waals surface area contributed by atoms with Crippen LogP contribution in [0, 0.1) is 0 Å². The number of halogens is 2. The largest absolute Gasteiger partial charge is 0.497 e. The minimum atomic E-state index is -0.156. The smallest absolute Gasteiger partial charge is 0.238 e. The lowest BCUT2D eigenvalue weighted by Gasteiger charge is -2.18.